The number of anilines is 3. The molecular weight excluding hydrogens is 513 g/mol. The first-order chi connectivity index (χ1) is 18.6. The average Bonchev–Trinajstić information content (AvgIpc) is 3.18. The highest BCUT2D eigenvalue weighted by atomic mass is 19.4. The van der Waals surface area contributed by atoms with Gasteiger partial charge in [-0.1, -0.05) is 6.07 Å². The summed E-state index contributed by atoms with van der Waals surface area (Å²) in [5.74, 6) is 0.139. The number of amides is 2. The number of aromatic nitrogens is 4. The first kappa shape index (κ1) is 26.4. The first-order valence-electron chi connectivity index (χ1n) is 12.2. The highest BCUT2D eigenvalue weighted by molar-refractivity contribution is 6.00. The Balaban J connectivity index is 1.41. The van der Waals surface area contributed by atoms with Gasteiger partial charge in [0, 0.05) is 37.1 Å². The fourth-order valence-corrected chi connectivity index (χ4v) is 4.70. The van der Waals surface area contributed by atoms with Crippen LogP contribution in [0, 0.1) is 13.8 Å². The van der Waals surface area contributed by atoms with Crippen LogP contribution >= 0.6 is 0 Å². The van der Waals surface area contributed by atoms with E-state index in [1.165, 1.54) is 6.33 Å². The fourth-order valence-electron chi connectivity index (χ4n) is 4.70. The van der Waals surface area contributed by atoms with Crippen LogP contribution in [0.15, 0.2) is 42.9 Å². The van der Waals surface area contributed by atoms with E-state index >= 15 is 0 Å². The third-order valence-corrected chi connectivity index (χ3v) is 6.69. The van der Waals surface area contributed by atoms with Crippen molar-refractivity contribution in [2.75, 3.05) is 42.7 Å². The molecule has 3 aromatic heterocycles. The Morgan fingerprint density at radius 1 is 1.10 bits per heavy atom. The highest BCUT2D eigenvalue weighted by Gasteiger charge is 2.31. The third-order valence-electron chi connectivity index (χ3n) is 6.69. The van der Waals surface area contributed by atoms with Crippen LogP contribution in [-0.4, -0.2) is 56.8 Å². The lowest BCUT2D eigenvalue weighted by Crippen LogP contribution is -2.36. The van der Waals surface area contributed by atoms with Crippen LogP contribution in [0.2, 0.25) is 0 Å². The number of urea groups is 1. The van der Waals surface area contributed by atoms with Gasteiger partial charge in [0.15, 0.2) is 5.82 Å². The number of nitrogens with zero attached hydrogens (tertiary/aromatic N) is 5. The van der Waals surface area contributed by atoms with Crippen molar-refractivity contribution in [2.45, 2.75) is 26.6 Å². The number of benzene rings is 1. The van der Waals surface area contributed by atoms with E-state index in [0.29, 0.717) is 36.8 Å². The minimum Gasteiger partial charge on any atom is -0.382 e. The monoisotopic (exact) mass is 540 g/mol. The van der Waals surface area contributed by atoms with E-state index in [1.807, 2.05) is 30.5 Å². The lowest BCUT2D eigenvalue weighted by atomic mass is 9.99. The maximum absolute atomic E-state index is 13.0. The first-order valence-corrected chi connectivity index (χ1v) is 12.2. The Hall–Kier alpha value is -4.23. The maximum atomic E-state index is 13.0. The molecule has 0 radical (unpaired) electrons. The van der Waals surface area contributed by atoms with Gasteiger partial charge in [0.2, 0.25) is 0 Å². The van der Waals surface area contributed by atoms with Crippen LogP contribution in [0.25, 0.3) is 16.6 Å². The molecule has 1 aliphatic rings. The summed E-state index contributed by atoms with van der Waals surface area (Å²) in [7, 11) is 0. The zero-order valence-electron chi connectivity index (χ0n) is 21.3. The van der Waals surface area contributed by atoms with Crippen molar-refractivity contribution in [3.05, 3.63) is 65.2 Å². The number of nitrogens with one attached hydrogen (secondary N) is 2. The maximum Gasteiger partial charge on any atom is 0.416 e. The molecule has 39 heavy (non-hydrogen) atoms. The predicted molar refractivity (Wildman–Crippen MR) is 140 cm³/mol. The Morgan fingerprint density at radius 3 is 2.59 bits per heavy atom. The number of nitrogen functional groups attached to an aromatic ring is 1. The number of morpholine rings is 1. The minimum atomic E-state index is -4.54. The Labute approximate surface area is 222 Å². The Morgan fingerprint density at radius 2 is 1.87 bits per heavy atom. The van der Waals surface area contributed by atoms with Crippen LogP contribution in [0.1, 0.15) is 22.4 Å². The largest absolute Gasteiger partial charge is 0.416 e. The molecule has 204 valence electrons. The molecule has 4 heterocycles. The molecule has 2 amide bonds. The lowest BCUT2D eigenvalue weighted by Gasteiger charge is -2.26. The average molecular weight is 541 g/mol. The van der Waals surface area contributed by atoms with Crippen LogP contribution < -0.4 is 16.4 Å². The van der Waals surface area contributed by atoms with E-state index in [4.69, 9.17) is 10.5 Å². The Kier molecular flexibility index (Phi) is 7.10. The number of pyridine rings is 1. The number of ether oxygens (including phenoxy) is 1. The van der Waals surface area contributed by atoms with Crippen molar-refractivity contribution in [1.29, 1.82) is 0 Å². The summed E-state index contributed by atoms with van der Waals surface area (Å²) in [6.45, 7) is 7.52. The summed E-state index contributed by atoms with van der Waals surface area (Å²) in [5, 5.41) is 9.50. The number of hydrogen-bond acceptors (Lipinski definition) is 7. The number of fused-ring (bicyclic) bond motifs is 1. The summed E-state index contributed by atoms with van der Waals surface area (Å²) in [4.78, 5) is 22.8. The van der Waals surface area contributed by atoms with Gasteiger partial charge in [-0.2, -0.15) is 18.3 Å². The quantitative estimate of drug-likeness (QED) is 0.341. The number of aryl methyl sites for hydroxylation is 1. The van der Waals surface area contributed by atoms with E-state index in [2.05, 4.69) is 30.6 Å². The highest BCUT2D eigenvalue weighted by Crippen LogP contribution is 2.37. The molecular formula is C26H27F3N8O2. The second-order valence-corrected chi connectivity index (χ2v) is 9.28. The molecule has 4 aromatic rings. The van der Waals surface area contributed by atoms with E-state index in [9.17, 15) is 18.0 Å². The summed E-state index contributed by atoms with van der Waals surface area (Å²) in [5.41, 5.74) is 11.1. The summed E-state index contributed by atoms with van der Waals surface area (Å²) >= 11 is 0. The van der Waals surface area contributed by atoms with Crippen molar-refractivity contribution in [3.8, 4) is 11.1 Å². The zero-order valence-corrected chi connectivity index (χ0v) is 21.3. The SMILES string of the molecule is Cc1cc(-c2c(C)c(CN3CCOCC3)n3ncnc(N)c23)ccc1NC(=O)Nc1cc(C(F)(F)F)ccn1. The van der Waals surface area contributed by atoms with Gasteiger partial charge in [-0.3, -0.25) is 10.2 Å². The topological polar surface area (TPSA) is 123 Å². The van der Waals surface area contributed by atoms with Crippen LogP contribution in [0.5, 0.6) is 0 Å². The van der Waals surface area contributed by atoms with Gasteiger partial charge in [-0.05, 0) is 54.8 Å². The van der Waals surface area contributed by atoms with Gasteiger partial charge in [0.1, 0.15) is 17.7 Å². The number of carbonyl (C=O) groups excluding carboxylic acids is 1. The molecule has 0 unspecified atom stereocenters. The molecule has 1 fully saturated rings. The number of alkyl halides is 3. The smallest absolute Gasteiger partial charge is 0.382 e. The third kappa shape index (κ3) is 5.49. The second-order valence-electron chi connectivity index (χ2n) is 9.28. The zero-order chi connectivity index (χ0) is 27.7. The molecule has 13 heteroatoms. The van der Waals surface area contributed by atoms with Crippen molar-refractivity contribution < 1.29 is 22.7 Å². The van der Waals surface area contributed by atoms with Crippen molar-refractivity contribution in [3.63, 3.8) is 0 Å². The lowest BCUT2D eigenvalue weighted by molar-refractivity contribution is -0.137. The van der Waals surface area contributed by atoms with E-state index in [-0.39, 0.29) is 5.82 Å². The fraction of sp³-hybridized carbons (Fsp3) is 0.308. The van der Waals surface area contributed by atoms with Gasteiger partial charge >= 0.3 is 12.2 Å². The summed E-state index contributed by atoms with van der Waals surface area (Å²) < 4.78 is 46.2. The molecule has 5 rings (SSSR count). The molecule has 1 aromatic carbocycles. The van der Waals surface area contributed by atoms with Gasteiger partial charge in [-0.25, -0.2) is 19.3 Å². The molecule has 4 N–H and O–H groups in total. The van der Waals surface area contributed by atoms with Gasteiger partial charge in [0.05, 0.1) is 24.5 Å². The number of halogens is 3. The van der Waals surface area contributed by atoms with Gasteiger partial charge < -0.3 is 15.8 Å². The molecule has 0 bridgehead atoms. The standard InChI is InChI=1S/C26H27F3N8O2/c1-15-11-17(3-4-19(15)34-25(38)35-21-12-18(5-6-31-21)26(27,28)29)22-16(2)20(13-36-7-9-39-10-8-36)37-23(22)24(30)32-14-33-37/h3-6,11-12,14H,7-10,13H2,1-2H3,(H2,30,32,33)(H2,31,34,35,38). The summed E-state index contributed by atoms with van der Waals surface area (Å²) in [6.07, 6.45) is -2.11. The molecule has 1 aliphatic heterocycles. The molecule has 0 atom stereocenters. The Bertz CT molecular complexity index is 1530. The van der Waals surface area contributed by atoms with E-state index in [0.717, 1.165) is 59.4 Å². The molecule has 0 saturated carbocycles. The molecule has 0 aliphatic carbocycles. The van der Waals surface area contributed by atoms with Crippen LogP contribution in [0.3, 0.4) is 0 Å². The number of nitrogens with two attached hydrogens (primary N) is 1. The van der Waals surface area contributed by atoms with E-state index < -0.39 is 17.8 Å². The predicted octanol–water partition coefficient (Wildman–Crippen LogP) is 4.49. The normalized spacial score (nSPS) is 14.5. The second kappa shape index (κ2) is 10.5. The molecule has 0 spiro atoms. The summed E-state index contributed by atoms with van der Waals surface area (Å²) in [6, 6.07) is 6.38. The van der Waals surface area contributed by atoms with Crippen molar-refractivity contribution in [1.82, 2.24) is 24.5 Å². The number of rotatable bonds is 5. The van der Waals surface area contributed by atoms with Crippen molar-refractivity contribution >= 4 is 28.9 Å². The molecule has 10 nitrogen and oxygen atoms in total. The number of hydrogen-bond donors (Lipinski definition) is 3. The van der Waals surface area contributed by atoms with Gasteiger partial charge in [-0.15, -0.1) is 0 Å². The van der Waals surface area contributed by atoms with Crippen molar-refractivity contribution in [2.24, 2.45) is 0 Å². The number of carbonyl (C=O) groups is 1. The molecule has 1 saturated heterocycles. The van der Waals surface area contributed by atoms with E-state index in [1.54, 1.807) is 6.07 Å². The van der Waals surface area contributed by atoms with Gasteiger partial charge in [0.25, 0.3) is 0 Å². The van der Waals surface area contributed by atoms with Crippen LogP contribution in [-0.2, 0) is 17.5 Å². The van der Waals surface area contributed by atoms with Crippen LogP contribution in [0.4, 0.5) is 35.3 Å². The minimum absolute atomic E-state index is 0.212.